The Hall–Kier alpha value is -3.41. The highest BCUT2D eigenvalue weighted by molar-refractivity contribution is 5.79. The second-order valence-electron chi connectivity index (χ2n) is 7.48. The van der Waals surface area contributed by atoms with Crippen molar-refractivity contribution in [2.45, 2.75) is 19.5 Å². The van der Waals surface area contributed by atoms with E-state index in [0.29, 0.717) is 13.2 Å². The molecular formula is C26H23NO4. The van der Waals surface area contributed by atoms with Gasteiger partial charge in [-0.3, -0.25) is 0 Å². The van der Waals surface area contributed by atoms with E-state index in [-0.39, 0.29) is 0 Å². The van der Waals surface area contributed by atoms with E-state index in [1.807, 2.05) is 54.6 Å². The van der Waals surface area contributed by atoms with Gasteiger partial charge in [-0.1, -0.05) is 30.3 Å². The third kappa shape index (κ3) is 3.98. The molecule has 5 rings (SSSR count). The monoisotopic (exact) mass is 413 g/mol. The van der Waals surface area contributed by atoms with Crippen LogP contribution in [0, 0.1) is 0 Å². The van der Waals surface area contributed by atoms with Gasteiger partial charge in [0.1, 0.15) is 17.2 Å². The Morgan fingerprint density at radius 1 is 0.871 bits per heavy atom. The minimum Gasteiger partial charge on any atom is -0.497 e. The summed E-state index contributed by atoms with van der Waals surface area (Å²) in [6.45, 7) is 0.887. The van der Waals surface area contributed by atoms with Crippen molar-refractivity contribution in [1.29, 1.82) is 0 Å². The number of hydrogen-bond donors (Lipinski definition) is 0. The predicted molar refractivity (Wildman–Crippen MR) is 119 cm³/mol. The van der Waals surface area contributed by atoms with Crippen molar-refractivity contribution in [3.05, 3.63) is 89.6 Å². The van der Waals surface area contributed by atoms with Crippen LogP contribution in [0.4, 0.5) is 0 Å². The van der Waals surface area contributed by atoms with E-state index in [2.05, 4.69) is 18.2 Å². The van der Waals surface area contributed by atoms with Crippen LogP contribution in [-0.4, -0.2) is 19.2 Å². The Morgan fingerprint density at radius 2 is 1.71 bits per heavy atom. The third-order valence-electron chi connectivity index (χ3n) is 5.46. The Bertz CT molecular complexity index is 1240. The fourth-order valence-electron chi connectivity index (χ4n) is 3.87. The number of benzene rings is 3. The van der Waals surface area contributed by atoms with E-state index < -0.39 is 6.29 Å². The van der Waals surface area contributed by atoms with Crippen LogP contribution in [0.1, 0.15) is 23.1 Å². The number of fused-ring (bicyclic) bond motifs is 2. The van der Waals surface area contributed by atoms with Crippen molar-refractivity contribution in [3.8, 4) is 22.6 Å². The lowest BCUT2D eigenvalue weighted by molar-refractivity contribution is -0.147. The summed E-state index contributed by atoms with van der Waals surface area (Å²) >= 11 is 0. The van der Waals surface area contributed by atoms with Gasteiger partial charge in [0.2, 0.25) is 6.29 Å². The first-order chi connectivity index (χ1) is 15.2. The molecule has 2 heterocycles. The SMILES string of the molecule is COc1cccc(-c2cc(COC3OCc4cc5ccccc5nc43)cc(OC)c2)c1. The number of hydrogen-bond acceptors (Lipinski definition) is 5. The molecule has 0 N–H and O–H groups in total. The zero-order valence-electron chi connectivity index (χ0n) is 17.5. The topological polar surface area (TPSA) is 49.8 Å². The van der Waals surface area contributed by atoms with Gasteiger partial charge in [-0.15, -0.1) is 0 Å². The number of rotatable bonds is 6. The van der Waals surface area contributed by atoms with E-state index >= 15 is 0 Å². The standard InChI is InChI=1S/C26H23NO4/c1-28-22-8-5-7-18(13-22)20-10-17(11-23(14-20)29-2)15-30-26-25-21(16-31-26)12-19-6-3-4-9-24(19)27-25/h3-14,26H,15-16H2,1-2H3. The molecule has 1 unspecified atom stereocenters. The molecule has 1 aliphatic heterocycles. The maximum atomic E-state index is 6.13. The number of methoxy groups -OCH3 is 2. The minimum absolute atomic E-state index is 0.382. The lowest BCUT2D eigenvalue weighted by Crippen LogP contribution is -2.05. The van der Waals surface area contributed by atoms with Crippen LogP contribution in [-0.2, 0) is 22.7 Å². The van der Waals surface area contributed by atoms with Crippen LogP contribution in [0.15, 0.2) is 72.8 Å². The summed E-state index contributed by atoms with van der Waals surface area (Å²) in [5.41, 5.74) is 5.96. The Kier molecular flexibility index (Phi) is 5.28. The van der Waals surface area contributed by atoms with E-state index in [1.165, 1.54) is 0 Å². The lowest BCUT2D eigenvalue weighted by Gasteiger charge is -2.14. The van der Waals surface area contributed by atoms with Crippen molar-refractivity contribution in [2.24, 2.45) is 0 Å². The molecule has 31 heavy (non-hydrogen) atoms. The first-order valence-corrected chi connectivity index (χ1v) is 10.2. The Morgan fingerprint density at radius 3 is 2.58 bits per heavy atom. The Balaban J connectivity index is 1.39. The van der Waals surface area contributed by atoms with Crippen molar-refractivity contribution in [1.82, 2.24) is 4.98 Å². The van der Waals surface area contributed by atoms with Gasteiger partial charge in [0.15, 0.2) is 0 Å². The first kappa shape index (κ1) is 19.5. The molecule has 156 valence electrons. The van der Waals surface area contributed by atoms with E-state index in [0.717, 1.165) is 50.3 Å². The van der Waals surface area contributed by atoms with Gasteiger partial charge in [0.25, 0.3) is 0 Å². The second-order valence-corrected chi connectivity index (χ2v) is 7.48. The first-order valence-electron chi connectivity index (χ1n) is 10.2. The van der Waals surface area contributed by atoms with E-state index in [9.17, 15) is 0 Å². The molecule has 0 amide bonds. The second kappa shape index (κ2) is 8.38. The quantitative estimate of drug-likeness (QED) is 0.408. The summed E-state index contributed by atoms with van der Waals surface area (Å²) in [4.78, 5) is 4.78. The van der Waals surface area contributed by atoms with Crippen LogP contribution in [0.5, 0.6) is 11.5 Å². The zero-order chi connectivity index (χ0) is 21.2. The van der Waals surface area contributed by atoms with Gasteiger partial charge in [-0.05, 0) is 59.2 Å². The maximum Gasteiger partial charge on any atom is 0.202 e. The van der Waals surface area contributed by atoms with Gasteiger partial charge >= 0.3 is 0 Å². The molecule has 4 aromatic rings. The average Bonchev–Trinajstić information content (AvgIpc) is 3.22. The number of aromatic nitrogens is 1. The van der Waals surface area contributed by atoms with Gasteiger partial charge in [-0.25, -0.2) is 4.98 Å². The van der Waals surface area contributed by atoms with Crippen molar-refractivity contribution >= 4 is 10.9 Å². The highest BCUT2D eigenvalue weighted by Gasteiger charge is 2.26. The summed E-state index contributed by atoms with van der Waals surface area (Å²) in [7, 11) is 3.33. The van der Waals surface area contributed by atoms with Crippen molar-refractivity contribution in [2.75, 3.05) is 14.2 Å². The predicted octanol–water partition coefficient (Wildman–Crippen LogP) is 5.66. The highest BCUT2D eigenvalue weighted by atomic mass is 16.7. The molecule has 0 saturated carbocycles. The maximum absolute atomic E-state index is 6.13. The summed E-state index contributed by atoms with van der Waals surface area (Å²) in [5, 5.41) is 1.11. The number of para-hydroxylation sites is 1. The summed E-state index contributed by atoms with van der Waals surface area (Å²) in [6, 6.07) is 24.3. The molecule has 0 bridgehead atoms. The lowest BCUT2D eigenvalue weighted by atomic mass is 10.0. The molecule has 5 heteroatoms. The number of ether oxygens (including phenoxy) is 4. The molecule has 1 aliphatic rings. The summed E-state index contributed by atoms with van der Waals surface area (Å²) in [6.07, 6.45) is -0.480. The fraction of sp³-hybridized carbons (Fsp3) is 0.192. The van der Waals surface area contributed by atoms with Crippen molar-refractivity contribution < 1.29 is 18.9 Å². The van der Waals surface area contributed by atoms with Gasteiger partial charge in [0, 0.05) is 10.9 Å². The number of nitrogens with zero attached hydrogens (tertiary/aromatic N) is 1. The van der Waals surface area contributed by atoms with Gasteiger partial charge < -0.3 is 18.9 Å². The zero-order valence-corrected chi connectivity index (χ0v) is 17.5. The molecule has 0 aliphatic carbocycles. The minimum atomic E-state index is -0.480. The van der Waals surface area contributed by atoms with Crippen molar-refractivity contribution in [3.63, 3.8) is 0 Å². The smallest absolute Gasteiger partial charge is 0.202 e. The van der Waals surface area contributed by atoms with Gasteiger partial charge in [0.05, 0.1) is 33.0 Å². The van der Waals surface area contributed by atoms with Gasteiger partial charge in [-0.2, -0.15) is 0 Å². The molecule has 1 atom stereocenters. The van der Waals surface area contributed by atoms with Crippen LogP contribution < -0.4 is 9.47 Å². The normalized spacial score (nSPS) is 15.1. The highest BCUT2D eigenvalue weighted by Crippen LogP contribution is 2.34. The molecule has 0 fully saturated rings. The summed E-state index contributed by atoms with van der Waals surface area (Å²) < 4.78 is 22.9. The van der Waals surface area contributed by atoms with Crippen LogP contribution in [0.2, 0.25) is 0 Å². The average molecular weight is 413 g/mol. The van der Waals surface area contributed by atoms with Crippen LogP contribution >= 0.6 is 0 Å². The summed E-state index contributed by atoms with van der Waals surface area (Å²) in [5.74, 6) is 1.59. The van der Waals surface area contributed by atoms with Crippen LogP contribution in [0.25, 0.3) is 22.0 Å². The van der Waals surface area contributed by atoms with Crippen LogP contribution in [0.3, 0.4) is 0 Å². The van der Waals surface area contributed by atoms with E-state index in [1.54, 1.807) is 14.2 Å². The molecule has 5 nitrogen and oxygen atoms in total. The number of pyridine rings is 1. The molecule has 0 radical (unpaired) electrons. The largest absolute Gasteiger partial charge is 0.497 e. The Labute approximate surface area is 181 Å². The molecule has 0 spiro atoms. The molecule has 1 aromatic heterocycles. The molecule has 3 aromatic carbocycles. The van der Waals surface area contributed by atoms with E-state index in [4.69, 9.17) is 23.9 Å². The fourth-order valence-corrected chi connectivity index (χ4v) is 3.87. The molecule has 0 saturated heterocycles. The molecular weight excluding hydrogens is 390 g/mol. The third-order valence-corrected chi connectivity index (χ3v) is 5.46.